The van der Waals surface area contributed by atoms with E-state index >= 15 is 0 Å². The number of carbonyl (C=O) groups is 2. The van der Waals surface area contributed by atoms with Gasteiger partial charge in [0.2, 0.25) is 0 Å². The van der Waals surface area contributed by atoms with Gasteiger partial charge in [0, 0.05) is 23.1 Å². The van der Waals surface area contributed by atoms with Crippen molar-refractivity contribution in [3.8, 4) is 23.0 Å². The Labute approximate surface area is 222 Å². The number of carbonyl (C=O) groups excluding carboxylic acids is 1. The predicted molar refractivity (Wildman–Crippen MR) is 138 cm³/mol. The van der Waals surface area contributed by atoms with E-state index in [0.29, 0.717) is 28.0 Å². The van der Waals surface area contributed by atoms with Crippen LogP contribution in [0.5, 0.6) is 23.0 Å². The highest BCUT2D eigenvalue weighted by Gasteiger charge is 2.22. The van der Waals surface area contributed by atoms with Crippen LogP contribution in [-0.4, -0.2) is 56.4 Å². The number of carboxylic acids is 1. The van der Waals surface area contributed by atoms with E-state index in [0.717, 1.165) is 5.56 Å². The lowest BCUT2D eigenvalue weighted by molar-refractivity contribution is -0.134. The van der Waals surface area contributed by atoms with E-state index in [-0.39, 0.29) is 30.2 Å². The molecule has 0 spiro atoms. The third-order valence-corrected chi connectivity index (χ3v) is 6.06. The number of hydrogen-bond acceptors (Lipinski definition) is 6. The van der Waals surface area contributed by atoms with Crippen LogP contribution in [0.15, 0.2) is 59.1 Å². The summed E-state index contributed by atoms with van der Waals surface area (Å²) in [7, 11) is 4.45. The monoisotopic (exact) mass is 575 g/mol. The van der Waals surface area contributed by atoms with Gasteiger partial charge in [-0.3, -0.25) is 4.79 Å². The maximum atomic E-state index is 14.4. The molecule has 1 N–H and O–H groups in total. The molecule has 0 aliphatic carbocycles. The maximum absolute atomic E-state index is 14.4. The Morgan fingerprint density at radius 3 is 2.30 bits per heavy atom. The molecule has 0 aliphatic rings. The van der Waals surface area contributed by atoms with Crippen LogP contribution in [0.25, 0.3) is 0 Å². The summed E-state index contributed by atoms with van der Waals surface area (Å²) in [6.07, 6.45) is 0.447. The van der Waals surface area contributed by atoms with Crippen LogP contribution in [0.3, 0.4) is 0 Å². The number of ether oxygens (including phenoxy) is 4. The smallest absolute Gasteiger partial charge is 0.339 e. The zero-order valence-corrected chi connectivity index (χ0v) is 22.2. The standard InChI is InChI=1S/C27H27BrFNO7/c1-34-22-9-8-17(12-23(22)35-2)10-11-30(15-18-6-4-5-7-21(18)29)25(31)16-37-26-20(27(32)33)13-19(28)14-24(26)36-3/h4-9,12-14H,10-11,15-16H2,1-3H3,(H,32,33). The van der Waals surface area contributed by atoms with E-state index in [4.69, 9.17) is 18.9 Å². The van der Waals surface area contributed by atoms with E-state index < -0.39 is 24.3 Å². The lowest BCUT2D eigenvalue weighted by atomic mass is 10.1. The van der Waals surface area contributed by atoms with Gasteiger partial charge in [-0.25, -0.2) is 9.18 Å². The summed E-state index contributed by atoms with van der Waals surface area (Å²) >= 11 is 3.24. The van der Waals surface area contributed by atoms with Crippen molar-refractivity contribution in [3.05, 3.63) is 81.6 Å². The first-order chi connectivity index (χ1) is 17.8. The molecule has 0 saturated heterocycles. The molecule has 0 atom stereocenters. The number of methoxy groups -OCH3 is 3. The second-order valence-corrected chi connectivity index (χ2v) is 8.84. The van der Waals surface area contributed by atoms with Crippen LogP contribution in [0.4, 0.5) is 4.39 Å². The van der Waals surface area contributed by atoms with Gasteiger partial charge in [0.15, 0.2) is 29.6 Å². The van der Waals surface area contributed by atoms with Gasteiger partial charge in [-0.15, -0.1) is 0 Å². The highest BCUT2D eigenvalue weighted by Crippen LogP contribution is 2.35. The van der Waals surface area contributed by atoms with Crippen LogP contribution < -0.4 is 18.9 Å². The zero-order valence-electron chi connectivity index (χ0n) is 20.6. The summed E-state index contributed by atoms with van der Waals surface area (Å²) in [5, 5.41) is 9.59. The quantitative estimate of drug-likeness (QED) is 0.326. The Kier molecular flexibility index (Phi) is 9.73. The van der Waals surface area contributed by atoms with E-state index in [9.17, 15) is 19.1 Å². The van der Waals surface area contributed by atoms with Crippen molar-refractivity contribution in [3.63, 3.8) is 0 Å². The third kappa shape index (κ3) is 7.13. The number of amides is 1. The van der Waals surface area contributed by atoms with Gasteiger partial charge in [0.05, 0.1) is 21.3 Å². The van der Waals surface area contributed by atoms with Crippen molar-refractivity contribution in [1.29, 1.82) is 0 Å². The molecule has 8 nitrogen and oxygen atoms in total. The molecule has 0 saturated carbocycles. The maximum Gasteiger partial charge on any atom is 0.339 e. The molecule has 0 unspecified atom stereocenters. The van der Waals surface area contributed by atoms with E-state index in [1.165, 1.54) is 31.3 Å². The molecule has 196 valence electrons. The summed E-state index contributed by atoms with van der Waals surface area (Å²) in [5.41, 5.74) is 1.06. The van der Waals surface area contributed by atoms with Gasteiger partial charge in [-0.2, -0.15) is 0 Å². The Hall–Kier alpha value is -3.79. The molecule has 3 aromatic carbocycles. The molecule has 0 fully saturated rings. The highest BCUT2D eigenvalue weighted by atomic mass is 79.9. The second-order valence-electron chi connectivity index (χ2n) is 7.92. The molecule has 0 bridgehead atoms. The fraction of sp³-hybridized carbons (Fsp3) is 0.259. The lowest BCUT2D eigenvalue weighted by Crippen LogP contribution is -2.36. The van der Waals surface area contributed by atoms with Crippen molar-refractivity contribution in [1.82, 2.24) is 4.90 Å². The van der Waals surface area contributed by atoms with Gasteiger partial charge >= 0.3 is 5.97 Å². The molecule has 37 heavy (non-hydrogen) atoms. The van der Waals surface area contributed by atoms with Gasteiger partial charge in [-0.05, 0) is 42.3 Å². The Balaban J connectivity index is 1.82. The van der Waals surface area contributed by atoms with Crippen LogP contribution in [0, 0.1) is 5.82 Å². The normalized spacial score (nSPS) is 10.5. The first kappa shape index (κ1) is 27.8. The first-order valence-electron chi connectivity index (χ1n) is 11.2. The first-order valence-corrected chi connectivity index (χ1v) is 12.0. The number of carboxylic acid groups (broad SMARTS) is 1. The molecule has 0 aromatic heterocycles. The average Bonchev–Trinajstić information content (AvgIpc) is 2.90. The molecule has 0 aliphatic heterocycles. The van der Waals surface area contributed by atoms with Crippen molar-refractivity contribution in [2.75, 3.05) is 34.5 Å². The third-order valence-electron chi connectivity index (χ3n) is 5.60. The van der Waals surface area contributed by atoms with Gasteiger partial charge in [0.1, 0.15) is 11.4 Å². The van der Waals surface area contributed by atoms with E-state index in [1.807, 2.05) is 12.1 Å². The lowest BCUT2D eigenvalue weighted by Gasteiger charge is -2.24. The summed E-state index contributed by atoms with van der Waals surface area (Å²) in [5.74, 6) is -0.905. The number of halogens is 2. The number of benzene rings is 3. The summed E-state index contributed by atoms with van der Waals surface area (Å²) in [6, 6.07) is 14.5. The van der Waals surface area contributed by atoms with Crippen LogP contribution in [0.1, 0.15) is 21.5 Å². The van der Waals surface area contributed by atoms with E-state index in [1.54, 1.807) is 37.4 Å². The van der Waals surface area contributed by atoms with E-state index in [2.05, 4.69) is 15.9 Å². The fourth-order valence-electron chi connectivity index (χ4n) is 3.68. The average molecular weight is 576 g/mol. The molecule has 1 amide bonds. The minimum atomic E-state index is -1.24. The molecular weight excluding hydrogens is 549 g/mol. The highest BCUT2D eigenvalue weighted by molar-refractivity contribution is 9.10. The van der Waals surface area contributed by atoms with Crippen LogP contribution in [0.2, 0.25) is 0 Å². The SMILES string of the molecule is COc1ccc(CCN(Cc2ccccc2F)C(=O)COc2c(OC)cc(Br)cc2C(=O)O)cc1OC. The van der Waals surface area contributed by atoms with Crippen molar-refractivity contribution in [2.24, 2.45) is 0 Å². The van der Waals surface area contributed by atoms with Crippen molar-refractivity contribution < 1.29 is 38.0 Å². The van der Waals surface area contributed by atoms with Gasteiger partial charge < -0.3 is 29.0 Å². The molecule has 3 aromatic rings. The zero-order chi connectivity index (χ0) is 26.9. The molecular formula is C27H27BrFNO7. The van der Waals surface area contributed by atoms with Gasteiger partial charge in [0.25, 0.3) is 5.91 Å². The summed E-state index contributed by atoms with van der Waals surface area (Å²) < 4.78 is 36.4. The predicted octanol–water partition coefficient (Wildman–Crippen LogP) is 4.96. The topological polar surface area (TPSA) is 94.5 Å². The second kappa shape index (κ2) is 13.0. The summed E-state index contributed by atoms with van der Waals surface area (Å²) in [6.45, 7) is -0.223. The Morgan fingerprint density at radius 2 is 1.65 bits per heavy atom. The minimum Gasteiger partial charge on any atom is -0.493 e. The number of aromatic carboxylic acids is 1. The van der Waals surface area contributed by atoms with Crippen molar-refractivity contribution >= 4 is 27.8 Å². The number of hydrogen-bond donors (Lipinski definition) is 1. The molecule has 10 heteroatoms. The minimum absolute atomic E-state index is 0.00537. The summed E-state index contributed by atoms with van der Waals surface area (Å²) in [4.78, 5) is 26.5. The van der Waals surface area contributed by atoms with Crippen LogP contribution >= 0.6 is 15.9 Å². The number of nitrogens with zero attached hydrogens (tertiary/aromatic N) is 1. The molecule has 0 radical (unpaired) electrons. The molecule has 0 heterocycles. The Bertz CT molecular complexity index is 1270. The Morgan fingerprint density at radius 1 is 0.946 bits per heavy atom. The van der Waals surface area contributed by atoms with Crippen LogP contribution in [-0.2, 0) is 17.8 Å². The van der Waals surface area contributed by atoms with Gasteiger partial charge in [-0.1, -0.05) is 40.2 Å². The fourth-order valence-corrected chi connectivity index (χ4v) is 4.11. The number of rotatable bonds is 12. The molecule has 3 rings (SSSR count). The largest absolute Gasteiger partial charge is 0.493 e. The van der Waals surface area contributed by atoms with Crippen molar-refractivity contribution in [2.45, 2.75) is 13.0 Å².